The Kier molecular flexibility index (Phi) is 4.45. The zero-order chi connectivity index (χ0) is 14.8. The molecule has 0 fully saturated rings. The molecule has 0 heterocycles. The van der Waals surface area contributed by atoms with Gasteiger partial charge in [-0.1, -0.05) is 18.2 Å². The molecule has 21 heavy (non-hydrogen) atoms. The van der Waals surface area contributed by atoms with Crippen LogP contribution in [-0.4, -0.2) is 12.4 Å². The molecule has 3 rings (SSSR count). The predicted octanol–water partition coefficient (Wildman–Crippen LogP) is 4.96. The number of hydrogen-bond donors (Lipinski definition) is 0. The number of carbonyl (C=O) groups excluding carboxylic acids is 1. The Bertz CT molecular complexity index is 675. The molecule has 1 aliphatic carbocycles. The van der Waals surface area contributed by atoms with Crippen LogP contribution in [0.3, 0.4) is 0 Å². The van der Waals surface area contributed by atoms with E-state index < -0.39 is 0 Å². The molecule has 0 aromatic heterocycles. The highest BCUT2D eigenvalue weighted by Crippen LogP contribution is 2.33. The number of ether oxygens (including phenoxy) is 1. The second-order valence-corrected chi connectivity index (χ2v) is 6.81. The molecule has 2 aromatic rings. The lowest BCUT2D eigenvalue weighted by atomic mass is 10.0. The number of aryl methyl sites for hydroxylation is 2. The molecule has 0 atom stereocenters. The Morgan fingerprint density at radius 1 is 1.05 bits per heavy atom. The van der Waals surface area contributed by atoms with E-state index in [2.05, 4.69) is 37.9 Å². The normalized spacial score (nSPS) is 13.0. The first-order valence-electron chi connectivity index (χ1n) is 6.87. The van der Waals surface area contributed by atoms with Crippen molar-refractivity contribution in [3.63, 3.8) is 0 Å². The van der Waals surface area contributed by atoms with E-state index in [0.29, 0.717) is 5.75 Å². The molecule has 1 aliphatic rings. The number of fused-ring (bicyclic) bond motifs is 1. The average molecular weight is 410 g/mol. The minimum atomic E-state index is 0.00681. The summed E-state index contributed by atoms with van der Waals surface area (Å²) in [6.45, 7) is 0.0417. The fourth-order valence-corrected chi connectivity index (χ4v) is 3.81. The van der Waals surface area contributed by atoms with Crippen molar-refractivity contribution in [2.45, 2.75) is 19.3 Å². The van der Waals surface area contributed by atoms with E-state index in [1.807, 2.05) is 30.3 Å². The maximum absolute atomic E-state index is 12.3. The number of ketones is 1. The lowest BCUT2D eigenvalue weighted by Gasteiger charge is -2.10. The van der Waals surface area contributed by atoms with Crippen molar-refractivity contribution in [3.8, 4) is 5.75 Å². The summed E-state index contributed by atoms with van der Waals surface area (Å²) in [4.78, 5) is 12.3. The van der Waals surface area contributed by atoms with Crippen molar-refractivity contribution in [1.82, 2.24) is 0 Å². The molecule has 0 N–H and O–H groups in total. The molecular formula is C17H14Br2O2. The fourth-order valence-electron chi connectivity index (χ4n) is 2.59. The minimum absolute atomic E-state index is 0.00681. The van der Waals surface area contributed by atoms with Crippen molar-refractivity contribution in [3.05, 3.63) is 62.0 Å². The van der Waals surface area contributed by atoms with Crippen LogP contribution in [0.4, 0.5) is 0 Å². The van der Waals surface area contributed by atoms with Gasteiger partial charge in [0.15, 0.2) is 12.4 Å². The van der Waals surface area contributed by atoms with Crippen LogP contribution in [0.25, 0.3) is 0 Å². The van der Waals surface area contributed by atoms with Crippen LogP contribution in [0.2, 0.25) is 0 Å². The van der Waals surface area contributed by atoms with E-state index in [1.165, 1.54) is 17.5 Å². The van der Waals surface area contributed by atoms with Crippen molar-refractivity contribution in [2.75, 3.05) is 6.61 Å². The molecule has 2 nitrogen and oxygen atoms in total. The summed E-state index contributed by atoms with van der Waals surface area (Å²) in [6, 6.07) is 11.7. The topological polar surface area (TPSA) is 26.3 Å². The van der Waals surface area contributed by atoms with Crippen molar-refractivity contribution in [1.29, 1.82) is 0 Å². The third-order valence-corrected chi connectivity index (χ3v) is 4.94. The van der Waals surface area contributed by atoms with Crippen LogP contribution in [0.5, 0.6) is 5.75 Å². The zero-order valence-electron chi connectivity index (χ0n) is 11.4. The Morgan fingerprint density at radius 2 is 1.76 bits per heavy atom. The highest BCUT2D eigenvalue weighted by molar-refractivity contribution is 9.11. The van der Waals surface area contributed by atoms with E-state index in [1.54, 1.807) is 0 Å². The summed E-state index contributed by atoms with van der Waals surface area (Å²) >= 11 is 6.86. The third kappa shape index (κ3) is 3.22. The first kappa shape index (κ1) is 14.8. The number of benzene rings is 2. The molecular weight excluding hydrogens is 396 g/mol. The molecule has 0 amide bonds. The molecule has 0 saturated heterocycles. The molecule has 0 spiro atoms. The van der Waals surface area contributed by atoms with E-state index in [4.69, 9.17) is 4.74 Å². The first-order valence-corrected chi connectivity index (χ1v) is 8.45. The molecule has 2 aromatic carbocycles. The van der Waals surface area contributed by atoms with E-state index >= 15 is 0 Å². The first-order chi connectivity index (χ1) is 10.1. The summed E-state index contributed by atoms with van der Waals surface area (Å²) in [5, 5.41) is 0. The maximum atomic E-state index is 12.3. The number of carbonyl (C=O) groups is 1. The molecule has 4 heteroatoms. The molecule has 0 saturated carbocycles. The van der Waals surface area contributed by atoms with Crippen molar-refractivity contribution in [2.24, 2.45) is 0 Å². The van der Waals surface area contributed by atoms with Gasteiger partial charge in [0.2, 0.25) is 0 Å². The van der Waals surface area contributed by atoms with Gasteiger partial charge in [-0.15, -0.1) is 0 Å². The van der Waals surface area contributed by atoms with Crippen LogP contribution in [0.15, 0.2) is 45.3 Å². The smallest absolute Gasteiger partial charge is 0.200 e. The Balaban J connectivity index is 1.72. The molecule has 0 unspecified atom stereocenters. The number of para-hydroxylation sites is 1. The van der Waals surface area contributed by atoms with Crippen LogP contribution in [0, 0.1) is 0 Å². The summed E-state index contributed by atoms with van der Waals surface area (Å²) in [5.74, 6) is 0.666. The summed E-state index contributed by atoms with van der Waals surface area (Å²) in [6.07, 6.45) is 3.39. The summed E-state index contributed by atoms with van der Waals surface area (Å²) < 4.78 is 7.32. The molecule has 0 aliphatic heterocycles. The van der Waals surface area contributed by atoms with E-state index in [-0.39, 0.29) is 12.4 Å². The van der Waals surface area contributed by atoms with Crippen molar-refractivity contribution >= 4 is 37.6 Å². The van der Waals surface area contributed by atoms with E-state index in [9.17, 15) is 4.79 Å². The van der Waals surface area contributed by atoms with Gasteiger partial charge in [0, 0.05) is 5.56 Å². The quantitative estimate of drug-likeness (QED) is 0.667. The Morgan fingerprint density at radius 3 is 2.52 bits per heavy atom. The number of Topliss-reactive ketones (excluding diaryl/α,β-unsaturated/α-hetero) is 1. The second-order valence-electron chi connectivity index (χ2n) is 5.10. The van der Waals surface area contributed by atoms with Crippen LogP contribution < -0.4 is 4.74 Å². The maximum Gasteiger partial charge on any atom is 0.200 e. The SMILES string of the molecule is O=C(COc1c(Br)cccc1Br)c1ccc2c(c1)CCC2. The lowest BCUT2D eigenvalue weighted by molar-refractivity contribution is 0.0920. The van der Waals surface area contributed by atoms with Gasteiger partial charge in [-0.2, -0.15) is 0 Å². The van der Waals surface area contributed by atoms with Gasteiger partial charge in [-0.3, -0.25) is 4.79 Å². The zero-order valence-corrected chi connectivity index (χ0v) is 14.5. The highest BCUT2D eigenvalue weighted by atomic mass is 79.9. The van der Waals surface area contributed by atoms with Crippen LogP contribution in [-0.2, 0) is 12.8 Å². The third-order valence-electron chi connectivity index (χ3n) is 3.69. The fraction of sp³-hybridized carbons (Fsp3) is 0.235. The summed E-state index contributed by atoms with van der Waals surface area (Å²) in [7, 11) is 0. The molecule has 0 radical (unpaired) electrons. The second kappa shape index (κ2) is 6.32. The molecule has 108 valence electrons. The van der Waals surface area contributed by atoms with Gasteiger partial charge in [0.1, 0.15) is 5.75 Å². The monoisotopic (exact) mass is 408 g/mol. The van der Waals surface area contributed by atoms with Gasteiger partial charge in [-0.05, 0) is 80.4 Å². The number of rotatable bonds is 4. The van der Waals surface area contributed by atoms with Gasteiger partial charge >= 0.3 is 0 Å². The van der Waals surface area contributed by atoms with Gasteiger partial charge < -0.3 is 4.74 Å². The number of hydrogen-bond acceptors (Lipinski definition) is 2. The Labute approximate surface area is 140 Å². The highest BCUT2D eigenvalue weighted by Gasteiger charge is 2.15. The van der Waals surface area contributed by atoms with Gasteiger partial charge in [-0.25, -0.2) is 0 Å². The standard InChI is InChI=1S/C17H14Br2O2/c18-14-5-2-6-15(19)17(14)21-10-16(20)13-8-7-11-3-1-4-12(11)9-13/h2,5-9H,1,3-4,10H2. The van der Waals surface area contributed by atoms with Crippen LogP contribution >= 0.6 is 31.9 Å². The van der Waals surface area contributed by atoms with Gasteiger partial charge in [0.25, 0.3) is 0 Å². The minimum Gasteiger partial charge on any atom is -0.483 e. The van der Waals surface area contributed by atoms with Crippen molar-refractivity contribution < 1.29 is 9.53 Å². The summed E-state index contributed by atoms with van der Waals surface area (Å²) in [5.41, 5.74) is 3.42. The largest absolute Gasteiger partial charge is 0.483 e. The Hall–Kier alpha value is -1.13. The van der Waals surface area contributed by atoms with Crippen LogP contribution in [0.1, 0.15) is 27.9 Å². The molecule has 0 bridgehead atoms. The average Bonchev–Trinajstić information content (AvgIpc) is 2.93. The van der Waals surface area contributed by atoms with E-state index in [0.717, 1.165) is 27.4 Å². The van der Waals surface area contributed by atoms with Gasteiger partial charge in [0.05, 0.1) is 8.95 Å². The predicted molar refractivity (Wildman–Crippen MR) is 90.1 cm³/mol. The number of halogens is 2. The lowest BCUT2D eigenvalue weighted by Crippen LogP contribution is -2.12.